The molecule has 7 heteroatoms. The maximum absolute atomic E-state index is 12.4. The predicted octanol–water partition coefficient (Wildman–Crippen LogP) is 4.59. The summed E-state index contributed by atoms with van der Waals surface area (Å²) >= 11 is 5.97. The molecule has 0 saturated carbocycles. The number of esters is 1. The van der Waals surface area contributed by atoms with E-state index in [4.69, 9.17) is 25.8 Å². The molecule has 3 atom stereocenters. The van der Waals surface area contributed by atoms with Crippen LogP contribution in [0.2, 0.25) is 5.02 Å². The summed E-state index contributed by atoms with van der Waals surface area (Å²) in [6.07, 6.45) is -1.57. The van der Waals surface area contributed by atoms with Crippen LogP contribution in [0.1, 0.15) is 48.5 Å². The summed E-state index contributed by atoms with van der Waals surface area (Å²) in [5.74, 6) is 0.0505. The first-order valence-electron chi connectivity index (χ1n) is 9.01. The van der Waals surface area contributed by atoms with Gasteiger partial charge in [-0.1, -0.05) is 31.5 Å². The minimum absolute atomic E-state index is 0.0110. The van der Waals surface area contributed by atoms with E-state index in [1.54, 1.807) is 52.0 Å². The molecule has 0 saturated heterocycles. The molecule has 27 heavy (non-hydrogen) atoms. The van der Waals surface area contributed by atoms with E-state index in [9.17, 15) is 9.59 Å². The smallest absolute Gasteiger partial charge is 0.408 e. The lowest BCUT2D eigenvalue weighted by molar-refractivity contribution is -0.158. The van der Waals surface area contributed by atoms with Gasteiger partial charge in [0.1, 0.15) is 29.6 Å². The van der Waals surface area contributed by atoms with Crippen molar-refractivity contribution in [2.75, 3.05) is 0 Å². The summed E-state index contributed by atoms with van der Waals surface area (Å²) in [7, 11) is 0. The van der Waals surface area contributed by atoms with Gasteiger partial charge in [0, 0.05) is 5.02 Å². The van der Waals surface area contributed by atoms with Crippen LogP contribution in [0.3, 0.4) is 0 Å². The zero-order chi connectivity index (χ0) is 20.8. The molecule has 0 aliphatic heterocycles. The van der Waals surface area contributed by atoms with E-state index in [1.165, 1.54) is 0 Å². The fraction of sp³-hybridized carbons (Fsp3) is 0.600. The lowest BCUT2D eigenvalue weighted by atomic mass is 10.0. The van der Waals surface area contributed by atoms with Gasteiger partial charge in [-0.25, -0.2) is 9.59 Å². The van der Waals surface area contributed by atoms with Crippen molar-refractivity contribution in [3.8, 4) is 5.75 Å². The van der Waals surface area contributed by atoms with Gasteiger partial charge >= 0.3 is 12.1 Å². The molecule has 0 heterocycles. The van der Waals surface area contributed by atoms with Gasteiger partial charge in [0.25, 0.3) is 0 Å². The van der Waals surface area contributed by atoms with Crippen molar-refractivity contribution in [1.82, 2.24) is 5.32 Å². The molecule has 152 valence electrons. The van der Waals surface area contributed by atoms with Crippen molar-refractivity contribution in [3.63, 3.8) is 0 Å². The monoisotopic (exact) mass is 399 g/mol. The topological polar surface area (TPSA) is 73.9 Å². The Hall–Kier alpha value is -1.95. The molecule has 0 spiro atoms. The van der Waals surface area contributed by atoms with Crippen LogP contribution in [0, 0.1) is 5.92 Å². The summed E-state index contributed by atoms with van der Waals surface area (Å²) in [6.45, 7) is 12.5. The first-order chi connectivity index (χ1) is 12.4. The van der Waals surface area contributed by atoms with E-state index in [1.807, 2.05) is 20.8 Å². The SMILES string of the molecule is CC(C)[C@@H](OC(=O)[C@H](C)NC(=O)OC(C)(C)C)[C@H](C)Oc1cccc(Cl)c1. The Morgan fingerprint density at radius 1 is 1.11 bits per heavy atom. The van der Waals surface area contributed by atoms with Crippen LogP contribution >= 0.6 is 11.6 Å². The Kier molecular flexibility index (Phi) is 8.41. The van der Waals surface area contributed by atoms with Gasteiger partial charge in [0.2, 0.25) is 0 Å². The van der Waals surface area contributed by atoms with Crippen LogP contribution in [0.25, 0.3) is 0 Å². The summed E-state index contributed by atoms with van der Waals surface area (Å²) in [5, 5.41) is 3.05. The van der Waals surface area contributed by atoms with Crippen molar-refractivity contribution < 1.29 is 23.8 Å². The van der Waals surface area contributed by atoms with E-state index in [2.05, 4.69) is 5.32 Å². The average molecular weight is 400 g/mol. The molecule has 0 radical (unpaired) electrons. The second-order valence-electron chi connectivity index (χ2n) is 7.79. The molecule has 0 aromatic heterocycles. The van der Waals surface area contributed by atoms with Crippen molar-refractivity contribution in [2.24, 2.45) is 5.92 Å². The molecule has 0 fully saturated rings. The fourth-order valence-corrected chi connectivity index (χ4v) is 2.56. The Balaban J connectivity index is 2.69. The molecular formula is C20H30ClNO5. The predicted molar refractivity (Wildman–Crippen MR) is 105 cm³/mol. The third-order valence-corrected chi connectivity index (χ3v) is 3.81. The molecule has 6 nitrogen and oxygen atoms in total. The van der Waals surface area contributed by atoms with E-state index >= 15 is 0 Å². The van der Waals surface area contributed by atoms with Crippen LogP contribution in [0.5, 0.6) is 5.75 Å². The van der Waals surface area contributed by atoms with Crippen LogP contribution < -0.4 is 10.1 Å². The Morgan fingerprint density at radius 3 is 2.26 bits per heavy atom. The van der Waals surface area contributed by atoms with E-state index in [-0.39, 0.29) is 5.92 Å². The van der Waals surface area contributed by atoms with Crippen LogP contribution in [-0.4, -0.2) is 35.9 Å². The maximum atomic E-state index is 12.4. The highest BCUT2D eigenvalue weighted by atomic mass is 35.5. The Morgan fingerprint density at radius 2 is 1.74 bits per heavy atom. The molecule has 0 unspecified atom stereocenters. The number of carbonyl (C=O) groups is 2. The number of rotatable bonds is 7. The molecule has 1 aromatic carbocycles. The number of nitrogens with one attached hydrogen (secondary N) is 1. The van der Waals surface area contributed by atoms with Gasteiger partial charge in [0.15, 0.2) is 0 Å². The summed E-state index contributed by atoms with van der Waals surface area (Å²) < 4.78 is 16.6. The number of amides is 1. The van der Waals surface area contributed by atoms with Gasteiger partial charge in [-0.15, -0.1) is 0 Å². The van der Waals surface area contributed by atoms with Crippen LogP contribution in [0.4, 0.5) is 4.79 Å². The number of alkyl carbamates (subject to hydrolysis) is 1. The second kappa shape index (κ2) is 9.83. The van der Waals surface area contributed by atoms with Crippen molar-refractivity contribution in [3.05, 3.63) is 29.3 Å². The number of hydrogen-bond acceptors (Lipinski definition) is 5. The second-order valence-corrected chi connectivity index (χ2v) is 8.23. The standard InChI is InChI=1S/C20H30ClNO5/c1-12(2)17(14(4)25-16-10-8-9-15(21)11-16)26-18(23)13(3)22-19(24)27-20(5,6)7/h8-14,17H,1-7H3,(H,22,24)/t13-,14-,17+/m0/s1. The van der Waals surface area contributed by atoms with Gasteiger partial charge in [-0.3, -0.25) is 0 Å². The minimum atomic E-state index is -0.848. The summed E-state index contributed by atoms with van der Waals surface area (Å²) in [6, 6.07) is 6.17. The number of halogens is 1. The van der Waals surface area contributed by atoms with Crippen LogP contribution in [-0.2, 0) is 14.3 Å². The van der Waals surface area contributed by atoms with E-state index in [0.717, 1.165) is 0 Å². The van der Waals surface area contributed by atoms with Gasteiger partial charge in [-0.2, -0.15) is 0 Å². The maximum Gasteiger partial charge on any atom is 0.408 e. The third kappa shape index (κ3) is 8.52. The molecule has 0 bridgehead atoms. The lowest BCUT2D eigenvalue weighted by Crippen LogP contribution is -2.46. The molecule has 1 rings (SSSR count). The normalized spacial score (nSPS) is 14.9. The number of hydrogen-bond donors (Lipinski definition) is 1. The van der Waals surface area contributed by atoms with Gasteiger partial charge < -0.3 is 19.5 Å². The lowest BCUT2D eigenvalue weighted by Gasteiger charge is -2.29. The first-order valence-corrected chi connectivity index (χ1v) is 9.39. The zero-order valence-electron chi connectivity index (χ0n) is 17.0. The minimum Gasteiger partial charge on any atom is -0.487 e. The highest BCUT2D eigenvalue weighted by Gasteiger charge is 2.30. The van der Waals surface area contributed by atoms with E-state index in [0.29, 0.717) is 10.8 Å². The van der Waals surface area contributed by atoms with Crippen LogP contribution in [0.15, 0.2) is 24.3 Å². The first kappa shape index (κ1) is 23.1. The molecule has 1 N–H and O–H groups in total. The zero-order valence-corrected chi connectivity index (χ0v) is 17.8. The van der Waals surface area contributed by atoms with Gasteiger partial charge in [0.05, 0.1) is 0 Å². The van der Waals surface area contributed by atoms with Crippen molar-refractivity contribution in [1.29, 1.82) is 0 Å². The largest absolute Gasteiger partial charge is 0.487 e. The van der Waals surface area contributed by atoms with Crippen molar-refractivity contribution in [2.45, 2.75) is 72.3 Å². The van der Waals surface area contributed by atoms with Gasteiger partial charge in [-0.05, 0) is 58.7 Å². The third-order valence-electron chi connectivity index (χ3n) is 3.58. The molecule has 0 aliphatic rings. The Labute approximate surface area is 166 Å². The molecule has 1 aromatic rings. The highest BCUT2D eigenvalue weighted by molar-refractivity contribution is 6.30. The highest BCUT2D eigenvalue weighted by Crippen LogP contribution is 2.22. The van der Waals surface area contributed by atoms with E-state index < -0.39 is 35.9 Å². The molecule has 0 aliphatic carbocycles. The summed E-state index contributed by atoms with van der Waals surface area (Å²) in [4.78, 5) is 24.2. The van der Waals surface area contributed by atoms with Crippen molar-refractivity contribution >= 4 is 23.7 Å². The molecule has 1 amide bonds. The Bertz CT molecular complexity index is 642. The number of benzene rings is 1. The fourth-order valence-electron chi connectivity index (χ4n) is 2.38. The summed E-state index contributed by atoms with van der Waals surface area (Å²) in [5.41, 5.74) is -0.645. The number of ether oxygens (including phenoxy) is 3. The quantitative estimate of drug-likeness (QED) is 0.679. The average Bonchev–Trinajstić information content (AvgIpc) is 2.49. The molecular weight excluding hydrogens is 370 g/mol. The number of carbonyl (C=O) groups excluding carboxylic acids is 2.